The fourth-order valence-electron chi connectivity index (χ4n) is 4.49. The van der Waals surface area contributed by atoms with Gasteiger partial charge < -0.3 is 14.9 Å². The Balaban J connectivity index is 1.83. The normalized spacial score (nSPS) is 22.1. The van der Waals surface area contributed by atoms with E-state index >= 15 is 0 Å². The molecular formula is C21H28N2O4. The Morgan fingerprint density at radius 1 is 1.11 bits per heavy atom. The number of nitrogens with zero attached hydrogens (tertiary/aromatic N) is 2. The number of hydrogen-bond acceptors (Lipinski definition) is 3. The number of carboxylic acids is 1. The number of aliphatic carboxylic acids is 1. The molecule has 1 aromatic carbocycles. The zero-order chi connectivity index (χ0) is 19.8. The minimum Gasteiger partial charge on any atom is -0.480 e. The molecule has 1 atom stereocenters. The van der Waals surface area contributed by atoms with E-state index < -0.39 is 17.4 Å². The molecule has 6 nitrogen and oxygen atoms in total. The lowest BCUT2D eigenvalue weighted by Gasteiger charge is -2.39. The van der Waals surface area contributed by atoms with E-state index in [2.05, 4.69) is 0 Å². The van der Waals surface area contributed by atoms with Crippen LogP contribution in [0.15, 0.2) is 30.3 Å². The highest BCUT2D eigenvalue weighted by Gasteiger charge is 2.52. The van der Waals surface area contributed by atoms with Crippen LogP contribution in [0.3, 0.4) is 0 Å². The van der Waals surface area contributed by atoms with E-state index in [1.807, 2.05) is 44.2 Å². The average molecular weight is 372 g/mol. The lowest BCUT2D eigenvalue weighted by molar-refractivity contribution is -0.150. The highest BCUT2D eigenvalue weighted by Crippen LogP contribution is 2.45. The van der Waals surface area contributed by atoms with E-state index in [1.54, 1.807) is 16.7 Å². The SMILES string of the molecule is CC(=O)N1CCC2(CC1)CC(C(=O)O)N(C(=O)C(C)(C)c1ccccc1)C2. The molecule has 1 N–H and O–H groups in total. The van der Waals surface area contributed by atoms with E-state index in [4.69, 9.17) is 0 Å². The second kappa shape index (κ2) is 6.98. The van der Waals surface area contributed by atoms with Crippen molar-refractivity contribution in [2.24, 2.45) is 5.41 Å². The van der Waals surface area contributed by atoms with Crippen molar-refractivity contribution >= 4 is 17.8 Å². The van der Waals surface area contributed by atoms with Crippen LogP contribution in [0, 0.1) is 5.41 Å². The van der Waals surface area contributed by atoms with Crippen LogP contribution in [0.1, 0.15) is 45.6 Å². The third-order valence-corrected chi connectivity index (χ3v) is 6.35. The molecule has 2 saturated heterocycles. The maximum absolute atomic E-state index is 13.4. The molecule has 1 aromatic rings. The lowest BCUT2D eigenvalue weighted by atomic mass is 9.76. The van der Waals surface area contributed by atoms with Crippen LogP contribution in [0.25, 0.3) is 0 Å². The lowest BCUT2D eigenvalue weighted by Crippen LogP contribution is -2.49. The van der Waals surface area contributed by atoms with Gasteiger partial charge in [0, 0.05) is 26.6 Å². The van der Waals surface area contributed by atoms with Crippen molar-refractivity contribution in [2.45, 2.75) is 51.5 Å². The number of likely N-dealkylation sites (tertiary alicyclic amines) is 2. The summed E-state index contributed by atoms with van der Waals surface area (Å²) < 4.78 is 0. The van der Waals surface area contributed by atoms with E-state index in [0.717, 1.165) is 18.4 Å². The number of amides is 2. The molecule has 146 valence electrons. The summed E-state index contributed by atoms with van der Waals surface area (Å²) >= 11 is 0. The van der Waals surface area contributed by atoms with E-state index in [-0.39, 0.29) is 17.2 Å². The predicted molar refractivity (Wildman–Crippen MR) is 101 cm³/mol. The van der Waals surface area contributed by atoms with Gasteiger partial charge in [-0.05, 0) is 44.1 Å². The highest BCUT2D eigenvalue weighted by molar-refractivity contribution is 5.91. The van der Waals surface area contributed by atoms with E-state index in [1.165, 1.54) is 0 Å². The monoisotopic (exact) mass is 372 g/mol. The van der Waals surface area contributed by atoms with Gasteiger partial charge in [-0.25, -0.2) is 4.79 Å². The first-order chi connectivity index (χ1) is 12.7. The molecule has 0 bridgehead atoms. The van der Waals surface area contributed by atoms with Crippen molar-refractivity contribution < 1.29 is 19.5 Å². The van der Waals surface area contributed by atoms with Crippen molar-refractivity contribution in [3.05, 3.63) is 35.9 Å². The molecule has 1 spiro atoms. The number of carbonyl (C=O) groups is 3. The van der Waals surface area contributed by atoms with Gasteiger partial charge in [-0.3, -0.25) is 9.59 Å². The maximum Gasteiger partial charge on any atom is 0.326 e. The minimum absolute atomic E-state index is 0.0516. The fourth-order valence-corrected chi connectivity index (χ4v) is 4.49. The van der Waals surface area contributed by atoms with Gasteiger partial charge in [-0.15, -0.1) is 0 Å². The minimum atomic E-state index is -0.946. The van der Waals surface area contributed by atoms with Gasteiger partial charge in [0.1, 0.15) is 6.04 Å². The third kappa shape index (κ3) is 3.57. The van der Waals surface area contributed by atoms with Gasteiger partial charge in [0.05, 0.1) is 5.41 Å². The first kappa shape index (κ1) is 19.4. The zero-order valence-electron chi connectivity index (χ0n) is 16.3. The highest BCUT2D eigenvalue weighted by atomic mass is 16.4. The molecule has 2 heterocycles. The number of hydrogen-bond donors (Lipinski definition) is 1. The Kier molecular flexibility index (Phi) is 5.02. The van der Waals surface area contributed by atoms with E-state index in [9.17, 15) is 19.5 Å². The van der Waals surface area contributed by atoms with E-state index in [0.29, 0.717) is 26.1 Å². The van der Waals surface area contributed by atoms with Gasteiger partial charge in [-0.1, -0.05) is 30.3 Å². The second-order valence-electron chi connectivity index (χ2n) is 8.49. The first-order valence-corrected chi connectivity index (χ1v) is 9.51. The smallest absolute Gasteiger partial charge is 0.326 e. The molecule has 0 aliphatic carbocycles. The van der Waals surface area contributed by atoms with Crippen LogP contribution in [0.2, 0.25) is 0 Å². The Hall–Kier alpha value is -2.37. The number of carboxylic acid groups (broad SMARTS) is 1. The molecule has 2 amide bonds. The van der Waals surface area contributed by atoms with Crippen molar-refractivity contribution in [1.29, 1.82) is 0 Å². The molecule has 27 heavy (non-hydrogen) atoms. The van der Waals surface area contributed by atoms with Gasteiger partial charge in [0.15, 0.2) is 0 Å². The summed E-state index contributed by atoms with van der Waals surface area (Å²) in [6, 6.07) is 8.70. The number of benzene rings is 1. The molecular weight excluding hydrogens is 344 g/mol. The first-order valence-electron chi connectivity index (χ1n) is 9.51. The Bertz CT molecular complexity index is 736. The zero-order valence-corrected chi connectivity index (χ0v) is 16.3. The molecule has 2 fully saturated rings. The van der Waals surface area contributed by atoms with Gasteiger partial charge in [-0.2, -0.15) is 0 Å². The Labute approximate surface area is 160 Å². The van der Waals surface area contributed by atoms with Gasteiger partial charge in [0.25, 0.3) is 0 Å². The molecule has 3 rings (SSSR count). The third-order valence-electron chi connectivity index (χ3n) is 6.35. The van der Waals surface area contributed by atoms with Crippen LogP contribution in [-0.2, 0) is 19.8 Å². The van der Waals surface area contributed by atoms with Crippen LogP contribution < -0.4 is 0 Å². The van der Waals surface area contributed by atoms with Crippen LogP contribution in [-0.4, -0.2) is 58.4 Å². The number of carbonyl (C=O) groups excluding carboxylic acids is 2. The topological polar surface area (TPSA) is 77.9 Å². The summed E-state index contributed by atoms with van der Waals surface area (Å²) in [6.07, 6.45) is 1.95. The largest absolute Gasteiger partial charge is 0.480 e. The Morgan fingerprint density at radius 3 is 2.22 bits per heavy atom. The number of piperidine rings is 1. The quantitative estimate of drug-likeness (QED) is 0.883. The summed E-state index contributed by atoms with van der Waals surface area (Å²) in [5.74, 6) is -1.04. The van der Waals surface area contributed by atoms with Crippen molar-refractivity contribution in [1.82, 2.24) is 9.80 Å². The predicted octanol–water partition coefficient (Wildman–Crippen LogP) is 2.28. The maximum atomic E-state index is 13.4. The molecule has 2 aliphatic rings. The fraction of sp³-hybridized carbons (Fsp3) is 0.571. The summed E-state index contributed by atoms with van der Waals surface area (Å²) in [7, 11) is 0. The van der Waals surface area contributed by atoms with Crippen LogP contribution >= 0.6 is 0 Å². The molecule has 0 saturated carbocycles. The van der Waals surface area contributed by atoms with Gasteiger partial charge >= 0.3 is 5.97 Å². The summed E-state index contributed by atoms with van der Waals surface area (Å²) in [5, 5.41) is 9.76. The van der Waals surface area contributed by atoms with Crippen molar-refractivity contribution in [2.75, 3.05) is 19.6 Å². The molecule has 1 unspecified atom stereocenters. The van der Waals surface area contributed by atoms with Crippen LogP contribution in [0.5, 0.6) is 0 Å². The summed E-state index contributed by atoms with van der Waals surface area (Å²) in [4.78, 5) is 40.3. The van der Waals surface area contributed by atoms with Crippen molar-refractivity contribution in [3.8, 4) is 0 Å². The molecule has 0 radical (unpaired) electrons. The standard InChI is InChI=1S/C21H28N2O4/c1-15(24)22-11-9-21(10-12-22)13-17(18(25)26)23(14-21)19(27)20(2,3)16-7-5-4-6-8-16/h4-8,17H,9-14H2,1-3H3,(H,25,26). The molecule has 0 aromatic heterocycles. The Morgan fingerprint density at radius 2 is 1.70 bits per heavy atom. The van der Waals surface area contributed by atoms with Crippen molar-refractivity contribution in [3.63, 3.8) is 0 Å². The van der Waals surface area contributed by atoms with Gasteiger partial charge in [0.2, 0.25) is 11.8 Å². The number of rotatable bonds is 3. The molecule has 6 heteroatoms. The summed E-state index contributed by atoms with van der Waals surface area (Å²) in [5.41, 5.74) is -0.121. The second-order valence-corrected chi connectivity index (χ2v) is 8.49. The average Bonchev–Trinajstić information content (AvgIpc) is 3.01. The molecule has 2 aliphatic heterocycles. The van der Waals surface area contributed by atoms with Crippen LogP contribution in [0.4, 0.5) is 0 Å². The summed E-state index contributed by atoms with van der Waals surface area (Å²) in [6.45, 7) is 6.98.